The summed E-state index contributed by atoms with van der Waals surface area (Å²) in [6.45, 7) is 1.55. The van der Waals surface area contributed by atoms with Crippen molar-refractivity contribution >= 4 is 28.9 Å². The molecule has 1 aliphatic heterocycles. The molecule has 1 aliphatic rings. The molecule has 3 rings (SSSR count). The van der Waals surface area contributed by atoms with Crippen LogP contribution in [0.3, 0.4) is 0 Å². The number of anilines is 2. The van der Waals surface area contributed by atoms with Gasteiger partial charge in [-0.25, -0.2) is 0 Å². The number of rotatable bonds is 7. The fourth-order valence-electron chi connectivity index (χ4n) is 3.30. The molecule has 2 aromatic carbocycles. The van der Waals surface area contributed by atoms with E-state index in [1.165, 1.54) is 6.07 Å². The first kappa shape index (κ1) is 19.3. The molecular weight excluding hydrogens is 362 g/mol. The molecule has 1 amide bonds. The summed E-state index contributed by atoms with van der Waals surface area (Å²) in [5.74, 6) is -1.34. The number of hydrogen-bond donors (Lipinski definition) is 2. The van der Waals surface area contributed by atoms with Crippen LogP contribution in [0.15, 0.2) is 42.5 Å². The zero-order valence-corrected chi connectivity index (χ0v) is 15.3. The van der Waals surface area contributed by atoms with Crippen molar-refractivity contribution in [1.29, 1.82) is 0 Å². The van der Waals surface area contributed by atoms with Gasteiger partial charge in [-0.15, -0.1) is 0 Å². The Morgan fingerprint density at radius 3 is 2.57 bits per heavy atom. The third kappa shape index (κ3) is 4.64. The summed E-state index contributed by atoms with van der Waals surface area (Å²) < 4.78 is 0. The van der Waals surface area contributed by atoms with Gasteiger partial charge in [0.25, 0.3) is 11.6 Å². The quantitative estimate of drug-likeness (QED) is 0.559. The van der Waals surface area contributed by atoms with Crippen molar-refractivity contribution in [3.05, 3.63) is 63.7 Å². The SMILES string of the molecule is O=C(O)CCc1cccc(NC(=O)c2ccc(N3CCCC3)c([N+](=O)[O-])c2)c1. The van der Waals surface area contributed by atoms with E-state index in [1.54, 1.807) is 36.4 Å². The third-order valence-corrected chi connectivity index (χ3v) is 4.69. The fourth-order valence-corrected chi connectivity index (χ4v) is 3.30. The average molecular weight is 383 g/mol. The summed E-state index contributed by atoms with van der Waals surface area (Å²) in [5.41, 5.74) is 1.96. The first-order valence-corrected chi connectivity index (χ1v) is 9.09. The van der Waals surface area contributed by atoms with Crippen molar-refractivity contribution in [2.24, 2.45) is 0 Å². The molecule has 0 aromatic heterocycles. The van der Waals surface area contributed by atoms with Gasteiger partial charge in [0.2, 0.25) is 0 Å². The number of hydrogen-bond acceptors (Lipinski definition) is 5. The molecule has 0 radical (unpaired) electrons. The Bertz CT molecular complexity index is 906. The summed E-state index contributed by atoms with van der Waals surface area (Å²) in [6, 6.07) is 11.4. The van der Waals surface area contributed by atoms with Crippen LogP contribution in [0.25, 0.3) is 0 Å². The second-order valence-corrected chi connectivity index (χ2v) is 6.70. The normalized spacial score (nSPS) is 13.4. The summed E-state index contributed by atoms with van der Waals surface area (Å²) in [7, 11) is 0. The van der Waals surface area contributed by atoms with Crippen LogP contribution in [-0.2, 0) is 11.2 Å². The Morgan fingerprint density at radius 1 is 1.14 bits per heavy atom. The van der Waals surface area contributed by atoms with Gasteiger partial charge in [-0.3, -0.25) is 19.7 Å². The number of aliphatic carboxylic acids is 1. The molecule has 1 fully saturated rings. The average Bonchev–Trinajstić information content (AvgIpc) is 3.20. The highest BCUT2D eigenvalue weighted by molar-refractivity contribution is 6.05. The van der Waals surface area contributed by atoms with Crippen LogP contribution in [0.4, 0.5) is 17.1 Å². The van der Waals surface area contributed by atoms with Crippen LogP contribution in [0.2, 0.25) is 0 Å². The lowest BCUT2D eigenvalue weighted by molar-refractivity contribution is -0.384. The van der Waals surface area contributed by atoms with Crippen LogP contribution in [0.5, 0.6) is 0 Å². The number of nitro benzene ring substituents is 1. The maximum atomic E-state index is 12.6. The summed E-state index contributed by atoms with van der Waals surface area (Å²) in [6.07, 6.45) is 2.35. The van der Waals surface area contributed by atoms with E-state index in [9.17, 15) is 19.7 Å². The largest absolute Gasteiger partial charge is 0.481 e. The van der Waals surface area contributed by atoms with Crippen LogP contribution in [0.1, 0.15) is 35.2 Å². The second kappa shape index (κ2) is 8.51. The van der Waals surface area contributed by atoms with E-state index in [0.717, 1.165) is 31.5 Å². The molecule has 8 heteroatoms. The van der Waals surface area contributed by atoms with Crippen molar-refractivity contribution in [1.82, 2.24) is 0 Å². The molecule has 2 aromatic rings. The number of carbonyl (C=O) groups is 2. The minimum Gasteiger partial charge on any atom is -0.481 e. The number of aryl methyl sites for hydroxylation is 1. The van der Waals surface area contributed by atoms with Gasteiger partial charge in [-0.2, -0.15) is 0 Å². The number of nitrogens with one attached hydrogen (secondary N) is 1. The van der Waals surface area contributed by atoms with Crippen LogP contribution in [-0.4, -0.2) is 35.0 Å². The van der Waals surface area contributed by atoms with Gasteiger partial charge in [-0.1, -0.05) is 12.1 Å². The van der Waals surface area contributed by atoms with E-state index in [0.29, 0.717) is 17.8 Å². The van der Waals surface area contributed by atoms with Crippen LogP contribution < -0.4 is 10.2 Å². The van der Waals surface area contributed by atoms with Gasteiger partial charge >= 0.3 is 5.97 Å². The Kier molecular flexibility index (Phi) is 5.88. The minimum atomic E-state index is -0.889. The molecule has 2 N–H and O–H groups in total. The number of carbonyl (C=O) groups excluding carboxylic acids is 1. The lowest BCUT2D eigenvalue weighted by atomic mass is 10.1. The van der Waals surface area contributed by atoms with E-state index in [-0.39, 0.29) is 17.7 Å². The summed E-state index contributed by atoms with van der Waals surface area (Å²) >= 11 is 0. The number of benzene rings is 2. The third-order valence-electron chi connectivity index (χ3n) is 4.69. The van der Waals surface area contributed by atoms with E-state index in [1.807, 2.05) is 4.90 Å². The number of amides is 1. The lowest BCUT2D eigenvalue weighted by Gasteiger charge is -2.17. The van der Waals surface area contributed by atoms with Crippen molar-refractivity contribution in [2.75, 3.05) is 23.3 Å². The van der Waals surface area contributed by atoms with Crippen LogP contribution >= 0.6 is 0 Å². The smallest absolute Gasteiger partial charge is 0.303 e. The summed E-state index contributed by atoms with van der Waals surface area (Å²) in [4.78, 5) is 36.2. The van der Waals surface area contributed by atoms with Gasteiger partial charge < -0.3 is 15.3 Å². The molecule has 0 saturated carbocycles. The number of nitrogens with zero attached hydrogens (tertiary/aromatic N) is 2. The Morgan fingerprint density at radius 2 is 1.89 bits per heavy atom. The van der Waals surface area contributed by atoms with E-state index >= 15 is 0 Å². The predicted octanol–water partition coefficient (Wildman–Crippen LogP) is 3.46. The monoisotopic (exact) mass is 383 g/mol. The molecule has 8 nitrogen and oxygen atoms in total. The van der Waals surface area contributed by atoms with Crippen molar-refractivity contribution < 1.29 is 19.6 Å². The molecule has 0 atom stereocenters. The predicted molar refractivity (Wildman–Crippen MR) is 105 cm³/mol. The number of carboxylic acids is 1. The van der Waals surface area contributed by atoms with Gasteiger partial charge in [0.15, 0.2) is 0 Å². The zero-order chi connectivity index (χ0) is 20.1. The summed E-state index contributed by atoms with van der Waals surface area (Å²) in [5, 5.41) is 23.0. The fraction of sp³-hybridized carbons (Fsp3) is 0.300. The first-order valence-electron chi connectivity index (χ1n) is 9.09. The molecule has 146 valence electrons. The number of nitro groups is 1. The molecule has 0 spiro atoms. The molecule has 1 heterocycles. The highest BCUT2D eigenvalue weighted by Crippen LogP contribution is 2.31. The van der Waals surface area contributed by atoms with Crippen molar-refractivity contribution in [3.63, 3.8) is 0 Å². The number of carboxylic acid groups (broad SMARTS) is 1. The maximum absolute atomic E-state index is 12.6. The minimum absolute atomic E-state index is 0.00154. The lowest BCUT2D eigenvalue weighted by Crippen LogP contribution is -2.19. The zero-order valence-electron chi connectivity index (χ0n) is 15.3. The van der Waals surface area contributed by atoms with E-state index in [4.69, 9.17) is 5.11 Å². The van der Waals surface area contributed by atoms with Gasteiger partial charge in [0.05, 0.1) is 4.92 Å². The maximum Gasteiger partial charge on any atom is 0.303 e. The van der Waals surface area contributed by atoms with Gasteiger partial charge in [0.1, 0.15) is 5.69 Å². The Hall–Kier alpha value is -3.42. The topological polar surface area (TPSA) is 113 Å². The van der Waals surface area contributed by atoms with E-state index < -0.39 is 16.8 Å². The molecular formula is C20H21N3O5. The Balaban J connectivity index is 1.77. The highest BCUT2D eigenvalue weighted by atomic mass is 16.6. The standard InChI is InChI=1S/C20H21N3O5/c24-19(25)9-6-14-4-3-5-16(12-14)21-20(26)15-7-8-17(18(13-15)23(27)28)22-10-1-2-11-22/h3-5,7-8,12-13H,1-2,6,9-11H2,(H,21,26)(H,24,25). The first-order chi connectivity index (χ1) is 13.4. The molecule has 0 aliphatic carbocycles. The molecule has 0 bridgehead atoms. The van der Waals surface area contributed by atoms with E-state index in [2.05, 4.69) is 5.32 Å². The van der Waals surface area contributed by atoms with Gasteiger partial charge in [0, 0.05) is 36.8 Å². The Labute approximate surface area is 161 Å². The molecule has 28 heavy (non-hydrogen) atoms. The van der Waals surface area contributed by atoms with Crippen molar-refractivity contribution in [3.8, 4) is 0 Å². The van der Waals surface area contributed by atoms with Gasteiger partial charge in [-0.05, 0) is 49.1 Å². The van der Waals surface area contributed by atoms with Crippen LogP contribution in [0, 0.1) is 10.1 Å². The molecule has 0 unspecified atom stereocenters. The molecule has 1 saturated heterocycles. The highest BCUT2D eigenvalue weighted by Gasteiger charge is 2.23. The van der Waals surface area contributed by atoms with Crippen molar-refractivity contribution in [2.45, 2.75) is 25.7 Å². The second-order valence-electron chi connectivity index (χ2n) is 6.70.